The molecule has 1 aromatic heterocycles. The van der Waals surface area contributed by atoms with E-state index in [0.717, 1.165) is 18.5 Å². The fraction of sp³-hybridized carbons (Fsp3) is 0.583. The smallest absolute Gasteiger partial charge is 0.229 e. The van der Waals surface area contributed by atoms with Crippen molar-refractivity contribution in [3.8, 4) is 0 Å². The van der Waals surface area contributed by atoms with Gasteiger partial charge in [-0.25, -0.2) is 9.97 Å². The molecule has 0 radical (unpaired) electrons. The largest absolute Gasteiger partial charge is 0.369 e. The molecule has 5 heteroatoms. The molecule has 17 heavy (non-hydrogen) atoms. The highest BCUT2D eigenvalue weighted by Gasteiger charge is 2.58. The maximum atomic E-state index is 11.8. The van der Waals surface area contributed by atoms with E-state index in [-0.39, 0.29) is 5.91 Å². The first-order chi connectivity index (χ1) is 8.15. The number of fused-ring (bicyclic) bond motifs is 1. The van der Waals surface area contributed by atoms with Gasteiger partial charge in [0.05, 0.1) is 11.1 Å². The topological polar surface area (TPSA) is 68.9 Å². The molecule has 2 N–H and O–H groups in total. The van der Waals surface area contributed by atoms with Crippen LogP contribution in [0.2, 0.25) is 0 Å². The van der Waals surface area contributed by atoms with Crippen molar-refractivity contribution in [3.05, 3.63) is 18.0 Å². The number of aromatic nitrogens is 2. The maximum Gasteiger partial charge on any atom is 0.229 e. The molecule has 2 aliphatic carbocycles. The molecule has 2 atom stereocenters. The first kappa shape index (κ1) is 11.0. The van der Waals surface area contributed by atoms with E-state index in [1.807, 2.05) is 12.3 Å². The first-order valence-electron chi connectivity index (χ1n) is 5.83. The molecule has 3 rings (SSSR count). The molecular weight excluding hydrogens is 234 g/mol. The number of carbonyl (C=O) groups is 1. The standard InChI is InChI=1S/C12H15N3OS/c1-17-11-14-3-2-9(15-11)12(10(13)16)5-7-4-8(7)6-12/h2-3,7-8H,4-6H2,1H3,(H2,13,16). The van der Waals surface area contributed by atoms with Gasteiger partial charge in [-0.2, -0.15) is 0 Å². The van der Waals surface area contributed by atoms with Crippen LogP contribution in [0.3, 0.4) is 0 Å². The van der Waals surface area contributed by atoms with Crippen LogP contribution in [0, 0.1) is 11.8 Å². The third kappa shape index (κ3) is 1.64. The van der Waals surface area contributed by atoms with Gasteiger partial charge in [-0.15, -0.1) is 0 Å². The zero-order chi connectivity index (χ0) is 12.0. The Balaban J connectivity index is 2.01. The molecule has 0 spiro atoms. The Morgan fingerprint density at radius 1 is 1.53 bits per heavy atom. The summed E-state index contributed by atoms with van der Waals surface area (Å²) < 4.78 is 0. The van der Waals surface area contributed by atoms with Gasteiger partial charge in [-0.3, -0.25) is 4.79 Å². The number of nitrogens with zero attached hydrogens (tertiary/aromatic N) is 2. The molecule has 1 heterocycles. The van der Waals surface area contributed by atoms with Gasteiger partial charge in [0.1, 0.15) is 0 Å². The van der Waals surface area contributed by atoms with E-state index < -0.39 is 5.41 Å². The zero-order valence-corrected chi connectivity index (χ0v) is 10.5. The van der Waals surface area contributed by atoms with Crippen molar-refractivity contribution in [1.29, 1.82) is 0 Å². The molecule has 2 unspecified atom stereocenters. The quantitative estimate of drug-likeness (QED) is 0.648. The molecule has 0 aromatic carbocycles. The number of hydrogen-bond donors (Lipinski definition) is 1. The number of amides is 1. The van der Waals surface area contributed by atoms with Crippen molar-refractivity contribution in [2.24, 2.45) is 17.6 Å². The van der Waals surface area contributed by atoms with Crippen molar-refractivity contribution in [3.63, 3.8) is 0 Å². The summed E-state index contributed by atoms with van der Waals surface area (Å²) in [5, 5.41) is 0.712. The highest BCUT2D eigenvalue weighted by Crippen LogP contribution is 2.60. The van der Waals surface area contributed by atoms with Crippen molar-refractivity contribution in [2.45, 2.75) is 29.8 Å². The summed E-state index contributed by atoms with van der Waals surface area (Å²) in [7, 11) is 0. The number of hydrogen-bond acceptors (Lipinski definition) is 4. The van der Waals surface area contributed by atoms with E-state index >= 15 is 0 Å². The second kappa shape index (κ2) is 3.70. The zero-order valence-electron chi connectivity index (χ0n) is 9.72. The fourth-order valence-electron chi connectivity index (χ4n) is 3.03. The molecule has 2 saturated carbocycles. The summed E-state index contributed by atoms with van der Waals surface area (Å²) in [6, 6.07) is 1.84. The van der Waals surface area contributed by atoms with Gasteiger partial charge in [0.2, 0.25) is 5.91 Å². The minimum atomic E-state index is -0.527. The van der Waals surface area contributed by atoms with Crippen LogP contribution in [0.15, 0.2) is 17.4 Å². The van der Waals surface area contributed by atoms with Gasteiger partial charge in [0, 0.05) is 6.20 Å². The molecule has 0 aliphatic heterocycles. The lowest BCUT2D eigenvalue weighted by Crippen LogP contribution is -2.40. The van der Waals surface area contributed by atoms with Crippen molar-refractivity contribution in [2.75, 3.05) is 6.26 Å². The molecule has 1 aromatic rings. The number of nitrogens with two attached hydrogens (primary N) is 1. The number of thioether (sulfide) groups is 1. The number of carbonyl (C=O) groups excluding carboxylic acids is 1. The normalized spacial score (nSPS) is 34.4. The molecule has 0 saturated heterocycles. The van der Waals surface area contributed by atoms with Crippen LogP contribution in [0.5, 0.6) is 0 Å². The van der Waals surface area contributed by atoms with Crippen molar-refractivity contribution >= 4 is 17.7 Å². The minimum Gasteiger partial charge on any atom is -0.369 e. The van der Waals surface area contributed by atoms with Gasteiger partial charge < -0.3 is 5.73 Å². The van der Waals surface area contributed by atoms with Crippen LogP contribution in [0.1, 0.15) is 25.0 Å². The second-order valence-corrected chi connectivity index (χ2v) is 5.81. The Morgan fingerprint density at radius 3 is 2.82 bits per heavy atom. The Morgan fingerprint density at radius 2 is 2.24 bits per heavy atom. The molecular formula is C12H15N3OS. The van der Waals surface area contributed by atoms with E-state index in [9.17, 15) is 4.79 Å². The molecule has 4 nitrogen and oxygen atoms in total. The summed E-state index contributed by atoms with van der Waals surface area (Å²) in [5.74, 6) is 1.15. The minimum absolute atomic E-state index is 0.226. The van der Waals surface area contributed by atoms with Crippen LogP contribution in [0.25, 0.3) is 0 Å². The van der Waals surface area contributed by atoms with E-state index in [4.69, 9.17) is 5.73 Å². The van der Waals surface area contributed by atoms with E-state index in [1.165, 1.54) is 18.2 Å². The average molecular weight is 249 g/mol. The summed E-state index contributed by atoms with van der Waals surface area (Å²) in [5.41, 5.74) is 5.92. The van der Waals surface area contributed by atoms with Crippen molar-refractivity contribution in [1.82, 2.24) is 9.97 Å². The van der Waals surface area contributed by atoms with E-state index in [1.54, 1.807) is 6.20 Å². The Labute approximate surface area is 104 Å². The van der Waals surface area contributed by atoms with Gasteiger partial charge in [0.25, 0.3) is 0 Å². The molecule has 2 fully saturated rings. The Kier molecular flexibility index (Phi) is 2.40. The molecule has 90 valence electrons. The summed E-state index contributed by atoms with van der Waals surface area (Å²) in [6.07, 6.45) is 6.66. The van der Waals surface area contributed by atoms with Crippen LogP contribution in [0.4, 0.5) is 0 Å². The van der Waals surface area contributed by atoms with Crippen LogP contribution in [-0.2, 0) is 10.2 Å². The lowest BCUT2D eigenvalue weighted by Gasteiger charge is -2.26. The fourth-order valence-corrected chi connectivity index (χ4v) is 3.39. The maximum absolute atomic E-state index is 11.8. The average Bonchev–Trinajstić information content (AvgIpc) is 2.96. The van der Waals surface area contributed by atoms with Gasteiger partial charge in [-0.05, 0) is 43.4 Å². The lowest BCUT2D eigenvalue weighted by molar-refractivity contribution is -0.123. The Bertz CT molecular complexity index is 467. The van der Waals surface area contributed by atoms with Gasteiger partial charge >= 0.3 is 0 Å². The predicted octanol–water partition coefficient (Wildman–Crippen LogP) is 1.35. The highest BCUT2D eigenvalue weighted by atomic mass is 32.2. The third-order valence-electron chi connectivity index (χ3n) is 4.07. The summed E-state index contributed by atoms with van der Waals surface area (Å²) in [4.78, 5) is 20.5. The number of primary amides is 1. The molecule has 0 bridgehead atoms. The van der Waals surface area contributed by atoms with Crippen LogP contribution >= 0.6 is 11.8 Å². The van der Waals surface area contributed by atoms with E-state index in [2.05, 4.69) is 9.97 Å². The lowest BCUT2D eigenvalue weighted by atomic mass is 9.79. The second-order valence-electron chi connectivity index (χ2n) is 5.04. The highest BCUT2D eigenvalue weighted by molar-refractivity contribution is 7.98. The predicted molar refractivity (Wildman–Crippen MR) is 65.5 cm³/mol. The van der Waals surface area contributed by atoms with Crippen LogP contribution < -0.4 is 5.73 Å². The van der Waals surface area contributed by atoms with E-state index in [0.29, 0.717) is 17.0 Å². The van der Waals surface area contributed by atoms with Gasteiger partial charge in [-0.1, -0.05) is 11.8 Å². The third-order valence-corrected chi connectivity index (χ3v) is 4.63. The SMILES string of the molecule is CSc1nccc(C2(C(N)=O)CC3CC3C2)n1. The monoisotopic (exact) mass is 249 g/mol. The summed E-state index contributed by atoms with van der Waals surface area (Å²) >= 11 is 1.49. The Hall–Kier alpha value is -1.10. The van der Waals surface area contributed by atoms with Gasteiger partial charge in [0.15, 0.2) is 5.16 Å². The van der Waals surface area contributed by atoms with Crippen LogP contribution in [-0.4, -0.2) is 22.1 Å². The summed E-state index contributed by atoms with van der Waals surface area (Å²) in [6.45, 7) is 0. The molecule has 2 aliphatic rings. The first-order valence-corrected chi connectivity index (χ1v) is 7.05. The van der Waals surface area contributed by atoms with Crippen molar-refractivity contribution < 1.29 is 4.79 Å². The molecule has 1 amide bonds. The number of rotatable bonds is 3.